The van der Waals surface area contributed by atoms with E-state index in [0.717, 1.165) is 13.2 Å². The highest BCUT2D eigenvalue weighted by atomic mass is 32.1. The molecule has 1 heterocycles. The van der Waals surface area contributed by atoms with Gasteiger partial charge >= 0.3 is 0 Å². The summed E-state index contributed by atoms with van der Waals surface area (Å²) in [4.78, 5) is 1.43. The molecule has 15 heavy (non-hydrogen) atoms. The Morgan fingerprint density at radius 3 is 2.73 bits per heavy atom. The number of thiophene rings is 1. The second-order valence-electron chi connectivity index (χ2n) is 3.86. The molecule has 0 radical (unpaired) electrons. The SMILES string of the molecule is CCOC(C)CNC(C)c1sccc1C. The van der Waals surface area contributed by atoms with Crippen molar-refractivity contribution >= 4 is 11.3 Å². The Balaban J connectivity index is 2.36. The van der Waals surface area contributed by atoms with Crippen LogP contribution in [0.4, 0.5) is 0 Å². The van der Waals surface area contributed by atoms with E-state index in [-0.39, 0.29) is 6.10 Å². The first kappa shape index (κ1) is 12.7. The van der Waals surface area contributed by atoms with Crippen molar-refractivity contribution in [2.45, 2.75) is 39.8 Å². The van der Waals surface area contributed by atoms with Gasteiger partial charge in [0.2, 0.25) is 0 Å². The maximum atomic E-state index is 5.48. The zero-order valence-corrected chi connectivity index (χ0v) is 10.9. The number of rotatable bonds is 6. The standard InChI is InChI=1S/C12H21NOS/c1-5-14-10(3)8-13-11(4)12-9(2)6-7-15-12/h6-7,10-11,13H,5,8H2,1-4H3. The Morgan fingerprint density at radius 2 is 2.20 bits per heavy atom. The maximum absolute atomic E-state index is 5.48. The van der Waals surface area contributed by atoms with Crippen molar-refractivity contribution in [3.8, 4) is 0 Å². The van der Waals surface area contributed by atoms with Crippen LogP contribution in [-0.4, -0.2) is 19.3 Å². The van der Waals surface area contributed by atoms with Gasteiger partial charge in [-0.05, 0) is 44.7 Å². The molecule has 2 nitrogen and oxygen atoms in total. The lowest BCUT2D eigenvalue weighted by molar-refractivity contribution is 0.0744. The van der Waals surface area contributed by atoms with Gasteiger partial charge in [0.1, 0.15) is 0 Å². The Morgan fingerprint density at radius 1 is 1.47 bits per heavy atom. The van der Waals surface area contributed by atoms with Gasteiger partial charge in [-0.3, -0.25) is 0 Å². The van der Waals surface area contributed by atoms with Gasteiger partial charge in [-0.1, -0.05) is 0 Å². The Hall–Kier alpha value is -0.380. The minimum atomic E-state index is 0.290. The summed E-state index contributed by atoms with van der Waals surface area (Å²) in [6.45, 7) is 10.2. The summed E-state index contributed by atoms with van der Waals surface area (Å²) < 4.78 is 5.48. The average Bonchev–Trinajstić information content (AvgIpc) is 2.61. The van der Waals surface area contributed by atoms with E-state index >= 15 is 0 Å². The minimum Gasteiger partial charge on any atom is -0.377 e. The van der Waals surface area contributed by atoms with E-state index in [1.807, 2.05) is 18.3 Å². The third-order valence-electron chi connectivity index (χ3n) is 2.46. The van der Waals surface area contributed by atoms with Crippen LogP contribution in [0.15, 0.2) is 11.4 Å². The molecule has 1 aromatic rings. The van der Waals surface area contributed by atoms with E-state index in [4.69, 9.17) is 4.74 Å². The summed E-state index contributed by atoms with van der Waals surface area (Å²) in [6, 6.07) is 2.59. The summed E-state index contributed by atoms with van der Waals surface area (Å²) in [6.07, 6.45) is 0.290. The summed E-state index contributed by atoms with van der Waals surface area (Å²) in [5.74, 6) is 0. The van der Waals surface area contributed by atoms with Crippen molar-refractivity contribution in [1.82, 2.24) is 5.32 Å². The zero-order valence-electron chi connectivity index (χ0n) is 10.0. The molecule has 1 aromatic heterocycles. The number of aryl methyl sites for hydroxylation is 1. The van der Waals surface area contributed by atoms with E-state index < -0.39 is 0 Å². The topological polar surface area (TPSA) is 21.3 Å². The van der Waals surface area contributed by atoms with Crippen LogP contribution < -0.4 is 5.32 Å². The predicted octanol–water partition coefficient (Wildman–Crippen LogP) is 3.13. The van der Waals surface area contributed by atoms with E-state index in [1.165, 1.54) is 10.4 Å². The molecule has 0 aliphatic heterocycles. The fraction of sp³-hybridized carbons (Fsp3) is 0.667. The molecule has 0 aliphatic rings. The molecule has 0 saturated carbocycles. The summed E-state index contributed by atoms with van der Waals surface area (Å²) in [5, 5.41) is 5.64. The van der Waals surface area contributed by atoms with Crippen LogP contribution in [0.5, 0.6) is 0 Å². The zero-order chi connectivity index (χ0) is 11.3. The first-order chi connectivity index (χ1) is 7.15. The first-order valence-electron chi connectivity index (χ1n) is 5.54. The molecule has 1 rings (SSSR count). The molecule has 0 bridgehead atoms. The van der Waals surface area contributed by atoms with Crippen LogP contribution in [0.3, 0.4) is 0 Å². The van der Waals surface area contributed by atoms with Crippen molar-refractivity contribution < 1.29 is 4.74 Å². The number of hydrogen-bond donors (Lipinski definition) is 1. The van der Waals surface area contributed by atoms with Crippen LogP contribution in [0, 0.1) is 6.92 Å². The highest BCUT2D eigenvalue weighted by Gasteiger charge is 2.10. The minimum absolute atomic E-state index is 0.290. The highest BCUT2D eigenvalue weighted by Crippen LogP contribution is 2.23. The quantitative estimate of drug-likeness (QED) is 0.806. The van der Waals surface area contributed by atoms with Gasteiger partial charge in [-0.25, -0.2) is 0 Å². The fourth-order valence-electron chi connectivity index (χ4n) is 1.61. The smallest absolute Gasteiger partial charge is 0.0671 e. The van der Waals surface area contributed by atoms with Gasteiger partial charge in [0, 0.05) is 24.1 Å². The summed E-state index contributed by atoms with van der Waals surface area (Å²) >= 11 is 1.82. The van der Waals surface area contributed by atoms with Crippen LogP contribution in [0.25, 0.3) is 0 Å². The van der Waals surface area contributed by atoms with Gasteiger partial charge in [0.25, 0.3) is 0 Å². The molecule has 2 atom stereocenters. The van der Waals surface area contributed by atoms with Crippen molar-refractivity contribution in [2.24, 2.45) is 0 Å². The van der Waals surface area contributed by atoms with E-state index in [0.29, 0.717) is 6.04 Å². The van der Waals surface area contributed by atoms with Crippen molar-refractivity contribution in [3.05, 3.63) is 21.9 Å². The molecule has 0 aromatic carbocycles. The molecule has 86 valence electrons. The largest absolute Gasteiger partial charge is 0.377 e. The molecule has 0 aliphatic carbocycles. The van der Waals surface area contributed by atoms with Gasteiger partial charge in [-0.15, -0.1) is 11.3 Å². The van der Waals surface area contributed by atoms with E-state index in [1.54, 1.807) is 0 Å². The van der Waals surface area contributed by atoms with Crippen molar-refractivity contribution in [2.75, 3.05) is 13.2 Å². The third kappa shape index (κ3) is 3.93. The molecule has 3 heteroatoms. The van der Waals surface area contributed by atoms with Crippen LogP contribution >= 0.6 is 11.3 Å². The Labute approximate surface area is 96.7 Å². The van der Waals surface area contributed by atoms with E-state index in [9.17, 15) is 0 Å². The fourth-order valence-corrected chi connectivity index (χ4v) is 2.57. The molecule has 0 amide bonds. The van der Waals surface area contributed by atoms with Gasteiger partial charge in [0.15, 0.2) is 0 Å². The monoisotopic (exact) mass is 227 g/mol. The molecule has 1 N–H and O–H groups in total. The number of hydrogen-bond acceptors (Lipinski definition) is 3. The van der Waals surface area contributed by atoms with Crippen LogP contribution in [0.1, 0.15) is 37.3 Å². The maximum Gasteiger partial charge on any atom is 0.0671 e. The number of nitrogens with one attached hydrogen (secondary N) is 1. The first-order valence-corrected chi connectivity index (χ1v) is 6.42. The average molecular weight is 227 g/mol. The number of ether oxygens (including phenoxy) is 1. The van der Waals surface area contributed by atoms with Gasteiger partial charge in [-0.2, -0.15) is 0 Å². The lowest BCUT2D eigenvalue weighted by atomic mass is 10.2. The van der Waals surface area contributed by atoms with E-state index in [2.05, 4.69) is 37.5 Å². The van der Waals surface area contributed by atoms with Gasteiger partial charge in [0.05, 0.1) is 6.10 Å². The molecular weight excluding hydrogens is 206 g/mol. The van der Waals surface area contributed by atoms with Gasteiger partial charge < -0.3 is 10.1 Å². The molecule has 0 spiro atoms. The van der Waals surface area contributed by atoms with Crippen molar-refractivity contribution in [1.29, 1.82) is 0 Å². The lowest BCUT2D eigenvalue weighted by Crippen LogP contribution is -2.29. The Bertz CT molecular complexity index is 285. The van der Waals surface area contributed by atoms with Crippen LogP contribution in [0.2, 0.25) is 0 Å². The Kier molecular flexibility index (Phi) is 5.29. The predicted molar refractivity (Wildman–Crippen MR) is 66.6 cm³/mol. The molecule has 0 fully saturated rings. The second kappa shape index (κ2) is 6.26. The lowest BCUT2D eigenvalue weighted by Gasteiger charge is -2.17. The molecular formula is C12H21NOS. The highest BCUT2D eigenvalue weighted by molar-refractivity contribution is 7.10. The second-order valence-corrected chi connectivity index (χ2v) is 4.81. The third-order valence-corrected chi connectivity index (χ3v) is 3.66. The van der Waals surface area contributed by atoms with Crippen LogP contribution in [-0.2, 0) is 4.74 Å². The molecule has 0 saturated heterocycles. The summed E-state index contributed by atoms with van der Waals surface area (Å²) in [7, 11) is 0. The summed E-state index contributed by atoms with van der Waals surface area (Å²) in [5.41, 5.74) is 1.38. The molecule has 2 unspecified atom stereocenters. The van der Waals surface area contributed by atoms with Crippen molar-refractivity contribution in [3.63, 3.8) is 0 Å². The normalized spacial score (nSPS) is 15.2.